The first-order chi connectivity index (χ1) is 18.5. The maximum absolute atomic E-state index is 12.6. The van der Waals surface area contributed by atoms with Gasteiger partial charge in [-0.05, 0) is 77.0 Å². The van der Waals surface area contributed by atoms with Crippen molar-refractivity contribution in [1.82, 2.24) is 0 Å². The summed E-state index contributed by atoms with van der Waals surface area (Å²) in [7, 11) is 0. The molecule has 0 unspecified atom stereocenters. The molecule has 0 aliphatic heterocycles. The maximum Gasteiger partial charge on any atom is 0.335 e. The average molecular weight is 597 g/mol. The van der Waals surface area contributed by atoms with Crippen molar-refractivity contribution in [2.75, 3.05) is 11.9 Å². The van der Waals surface area contributed by atoms with E-state index < -0.39 is 33.1 Å². The predicted molar refractivity (Wildman–Crippen MR) is 141 cm³/mol. The standard InChI is InChI=1S/C25H17BrN4O9/c1-2-38-22-11-14(9-16(13-27)24(31)28-17-5-3-15(4-6-17)25(32)33)10-19(26)23(22)39-21-8-7-18(29(34)35)12-20(21)30(36)37/h3-12H,2H2,1H3,(H,28,31)(H,32,33)/b16-9+. The van der Waals surface area contributed by atoms with Crippen LogP contribution in [0.4, 0.5) is 17.1 Å². The number of carboxylic acid groups (broad SMARTS) is 1. The van der Waals surface area contributed by atoms with Crippen LogP contribution in [0.5, 0.6) is 17.2 Å². The number of aromatic carboxylic acids is 1. The third-order valence-electron chi connectivity index (χ3n) is 4.96. The molecule has 13 nitrogen and oxygen atoms in total. The van der Waals surface area contributed by atoms with Crippen LogP contribution in [0, 0.1) is 31.6 Å². The van der Waals surface area contributed by atoms with Crippen LogP contribution in [0.2, 0.25) is 0 Å². The molecule has 2 N–H and O–H groups in total. The number of nitro benzene ring substituents is 2. The number of carbonyl (C=O) groups excluding carboxylic acids is 1. The van der Waals surface area contributed by atoms with Crippen molar-refractivity contribution in [3.05, 3.63) is 96.0 Å². The van der Waals surface area contributed by atoms with E-state index in [0.717, 1.165) is 18.2 Å². The molecule has 0 fully saturated rings. The van der Waals surface area contributed by atoms with E-state index in [1.54, 1.807) is 13.0 Å². The Kier molecular flexibility index (Phi) is 8.92. The van der Waals surface area contributed by atoms with Crippen molar-refractivity contribution in [3.8, 4) is 23.3 Å². The first-order valence-corrected chi connectivity index (χ1v) is 11.7. The monoisotopic (exact) mass is 596 g/mol. The summed E-state index contributed by atoms with van der Waals surface area (Å²) in [6.45, 7) is 1.84. The van der Waals surface area contributed by atoms with Gasteiger partial charge in [-0.25, -0.2) is 4.79 Å². The summed E-state index contributed by atoms with van der Waals surface area (Å²) < 4.78 is 11.6. The number of rotatable bonds is 10. The van der Waals surface area contributed by atoms with E-state index >= 15 is 0 Å². The van der Waals surface area contributed by atoms with Gasteiger partial charge in [0.1, 0.15) is 11.6 Å². The van der Waals surface area contributed by atoms with E-state index in [0.29, 0.717) is 5.56 Å². The van der Waals surface area contributed by atoms with E-state index in [2.05, 4.69) is 21.2 Å². The van der Waals surface area contributed by atoms with Gasteiger partial charge in [0.05, 0.1) is 32.6 Å². The molecule has 39 heavy (non-hydrogen) atoms. The van der Waals surface area contributed by atoms with Gasteiger partial charge < -0.3 is 19.9 Å². The minimum absolute atomic E-state index is 0.0208. The number of hydrogen-bond donors (Lipinski definition) is 2. The Morgan fingerprint density at radius 3 is 2.33 bits per heavy atom. The molecule has 0 saturated carbocycles. The second kappa shape index (κ2) is 12.3. The maximum atomic E-state index is 12.6. The Morgan fingerprint density at radius 2 is 1.77 bits per heavy atom. The van der Waals surface area contributed by atoms with E-state index in [-0.39, 0.29) is 45.2 Å². The summed E-state index contributed by atoms with van der Waals surface area (Å²) in [6.07, 6.45) is 1.27. The SMILES string of the molecule is CCOc1cc(/C=C(\C#N)C(=O)Nc2ccc(C(=O)O)cc2)cc(Br)c1Oc1ccc([N+](=O)[O-])cc1[N+](=O)[O-]. The van der Waals surface area contributed by atoms with Gasteiger partial charge in [0.15, 0.2) is 11.5 Å². The number of nitrogens with one attached hydrogen (secondary N) is 1. The Bertz CT molecular complexity index is 1550. The third-order valence-corrected chi connectivity index (χ3v) is 5.55. The summed E-state index contributed by atoms with van der Waals surface area (Å²) in [4.78, 5) is 44.6. The number of hydrogen-bond acceptors (Lipinski definition) is 9. The molecule has 3 rings (SSSR count). The number of nitrogens with zero attached hydrogens (tertiary/aromatic N) is 3. The first kappa shape index (κ1) is 28.3. The molecule has 0 aromatic heterocycles. The van der Waals surface area contributed by atoms with Crippen LogP contribution < -0.4 is 14.8 Å². The molecule has 0 radical (unpaired) electrons. The highest BCUT2D eigenvalue weighted by molar-refractivity contribution is 9.10. The van der Waals surface area contributed by atoms with E-state index in [1.165, 1.54) is 42.5 Å². The van der Waals surface area contributed by atoms with Crippen molar-refractivity contribution >= 4 is 50.9 Å². The molecule has 1 amide bonds. The number of nitro groups is 2. The summed E-state index contributed by atoms with van der Waals surface area (Å²) in [5.41, 5.74) is -0.772. The van der Waals surface area contributed by atoms with Crippen LogP contribution in [0.15, 0.2) is 64.6 Å². The van der Waals surface area contributed by atoms with Gasteiger partial charge in [-0.2, -0.15) is 5.26 Å². The topological polar surface area (TPSA) is 195 Å². The number of carboxylic acids is 1. The summed E-state index contributed by atoms with van der Waals surface area (Å²) in [5.74, 6) is -2.03. The lowest BCUT2D eigenvalue weighted by Gasteiger charge is -2.14. The van der Waals surface area contributed by atoms with Gasteiger partial charge in [0, 0.05) is 11.8 Å². The Labute approximate surface area is 228 Å². The molecule has 0 atom stereocenters. The molecular formula is C25H17BrN4O9. The van der Waals surface area contributed by atoms with Crippen LogP contribution in [0.1, 0.15) is 22.8 Å². The molecule has 0 aliphatic rings. The van der Waals surface area contributed by atoms with Gasteiger partial charge in [0.25, 0.3) is 11.6 Å². The highest BCUT2D eigenvalue weighted by Gasteiger charge is 2.24. The molecule has 0 heterocycles. The minimum atomic E-state index is -1.13. The van der Waals surface area contributed by atoms with E-state index in [1.807, 2.05) is 0 Å². The largest absolute Gasteiger partial charge is 0.490 e. The summed E-state index contributed by atoms with van der Waals surface area (Å²) in [5, 5.41) is 43.5. The molecular weight excluding hydrogens is 580 g/mol. The van der Waals surface area contributed by atoms with Crippen LogP contribution in [-0.4, -0.2) is 33.4 Å². The summed E-state index contributed by atoms with van der Waals surface area (Å²) >= 11 is 3.30. The van der Waals surface area contributed by atoms with Gasteiger partial charge >= 0.3 is 11.7 Å². The molecule has 0 saturated heterocycles. The molecule has 0 spiro atoms. The van der Waals surface area contributed by atoms with Gasteiger partial charge in [-0.15, -0.1) is 0 Å². The number of benzene rings is 3. The van der Waals surface area contributed by atoms with Crippen molar-refractivity contribution in [3.63, 3.8) is 0 Å². The van der Waals surface area contributed by atoms with Gasteiger partial charge in [-0.1, -0.05) is 0 Å². The molecule has 0 bridgehead atoms. The predicted octanol–water partition coefficient (Wildman–Crippen LogP) is 5.70. The van der Waals surface area contributed by atoms with Crippen LogP contribution in [0.25, 0.3) is 6.08 Å². The number of nitriles is 1. The zero-order valence-electron chi connectivity index (χ0n) is 19.9. The number of amides is 1. The Hall–Kier alpha value is -5.29. The quantitative estimate of drug-likeness (QED) is 0.127. The van der Waals surface area contributed by atoms with Crippen LogP contribution in [-0.2, 0) is 4.79 Å². The zero-order valence-corrected chi connectivity index (χ0v) is 21.5. The van der Waals surface area contributed by atoms with Crippen molar-refractivity contribution < 1.29 is 34.0 Å². The molecule has 198 valence electrons. The number of carbonyl (C=O) groups is 2. The summed E-state index contributed by atoms with van der Waals surface area (Å²) in [6, 6.07) is 13.0. The highest BCUT2D eigenvalue weighted by atomic mass is 79.9. The fourth-order valence-corrected chi connectivity index (χ4v) is 3.74. The number of anilines is 1. The second-order valence-electron chi connectivity index (χ2n) is 7.54. The Balaban J connectivity index is 1.94. The fraction of sp³-hybridized carbons (Fsp3) is 0.0800. The van der Waals surface area contributed by atoms with Crippen LogP contribution >= 0.6 is 15.9 Å². The number of non-ortho nitro benzene ring substituents is 1. The second-order valence-corrected chi connectivity index (χ2v) is 8.39. The number of ether oxygens (including phenoxy) is 2. The minimum Gasteiger partial charge on any atom is -0.490 e. The first-order valence-electron chi connectivity index (χ1n) is 10.9. The van der Waals surface area contributed by atoms with E-state index in [4.69, 9.17) is 14.6 Å². The van der Waals surface area contributed by atoms with Crippen molar-refractivity contribution in [2.24, 2.45) is 0 Å². The molecule has 0 aliphatic carbocycles. The molecule has 3 aromatic carbocycles. The third kappa shape index (κ3) is 6.93. The van der Waals surface area contributed by atoms with Crippen molar-refractivity contribution in [1.29, 1.82) is 5.26 Å². The Morgan fingerprint density at radius 1 is 1.08 bits per heavy atom. The molecule has 14 heteroatoms. The van der Waals surface area contributed by atoms with Gasteiger partial charge in [-0.3, -0.25) is 25.0 Å². The fourth-order valence-electron chi connectivity index (χ4n) is 3.20. The zero-order chi connectivity index (χ0) is 28.7. The lowest BCUT2D eigenvalue weighted by molar-refractivity contribution is -0.394. The average Bonchev–Trinajstić information content (AvgIpc) is 2.89. The van der Waals surface area contributed by atoms with Crippen molar-refractivity contribution in [2.45, 2.75) is 6.92 Å². The number of halogens is 1. The highest BCUT2D eigenvalue weighted by Crippen LogP contribution is 2.43. The molecule has 3 aromatic rings. The van der Waals surface area contributed by atoms with Gasteiger partial charge in [0.2, 0.25) is 5.75 Å². The lowest BCUT2D eigenvalue weighted by atomic mass is 10.1. The van der Waals surface area contributed by atoms with Crippen LogP contribution in [0.3, 0.4) is 0 Å². The van der Waals surface area contributed by atoms with E-state index in [9.17, 15) is 35.1 Å². The lowest BCUT2D eigenvalue weighted by Crippen LogP contribution is -2.13. The smallest absolute Gasteiger partial charge is 0.335 e. The normalized spacial score (nSPS) is 10.7.